The van der Waals surface area contributed by atoms with E-state index in [0.717, 1.165) is 29.2 Å². The van der Waals surface area contributed by atoms with Gasteiger partial charge in [-0.2, -0.15) is 5.10 Å². The predicted octanol–water partition coefficient (Wildman–Crippen LogP) is 2.27. The van der Waals surface area contributed by atoms with Crippen LogP contribution in [-0.2, 0) is 17.9 Å². The van der Waals surface area contributed by atoms with Gasteiger partial charge in [-0.25, -0.2) is 0 Å². The topological polar surface area (TPSA) is 65.4 Å². The van der Waals surface area contributed by atoms with Crippen LogP contribution in [0.5, 0.6) is 11.5 Å². The van der Waals surface area contributed by atoms with Crippen LogP contribution in [0.2, 0.25) is 0 Å². The normalized spacial score (nSPS) is 12.8. The van der Waals surface area contributed by atoms with Gasteiger partial charge in [-0.05, 0) is 43.7 Å². The minimum atomic E-state index is -0.149. The van der Waals surface area contributed by atoms with Gasteiger partial charge in [0.2, 0.25) is 12.7 Å². The molecule has 2 heterocycles. The second kappa shape index (κ2) is 6.56. The molecule has 1 aromatic heterocycles. The molecule has 0 spiro atoms. The fourth-order valence-corrected chi connectivity index (χ4v) is 2.44. The molecule has 3 rings (SSSR count). The van der Waals surface area contributed by atoms with Crippen LogP contribution in [0, 0.1) is 6.92 Å². The number of fused-ring (bicyclic) bond motifs is 1. The van der Waals surface area contributed by atoms with E-state index < -0.39 is 0 Å². The SMILES string of the molecule is CCn1nc(C)cc1CNC(=O)/C=C/c1ccc2c(c1)OCO2. The van der Waals surface area contributed by atoms with Gasteiger partial charge < -0.3 is 14.8 Å². The number of aromatic nitrogens is 2. The summed E-state index contributed by atoms with van der Waals surface area (Å²) in [5.41, 5.74) is 2.83. The maximum atomic E-state index is 11.9. The predicted molar refractivity (Wildman–Crippen MR) is 86.1 cm³/mol. The number of nitrogens with one attached hydrogen (secondary N) is 1. The third kappa shape index (κ3) is 3.53. The second-order valence-corrected chi connectivity index (χ2v) is 5.26. The summed E-state index contributed by atoms with van der Waals surface area (Å²) < 4.78 is 12.5. The number of rotatable bonds is 5. The first-order chi connectivity index (χ1) is 11.2. The van der Waals surface area contributed by atoms with Crippen LogP contribution < -0.4 is 14.8 Å². The van der Waals surface area contributed by atoms with Gasteiger partial charge in [0.25, 0.3) is 0 Å². The number of ether oxygens (including phenoxy) is 2. The quantitative estimate of drug-likeness (QED) is 0.860. The molecule has 0 fully saturated rings. The van der Waals surface area contributed by atoms with E-state index in [9.17, 15) is 4.79 Å². The fraction of sp³-hybridized carbons (Fsp3) is 0.294. The molecule has 23 heavy (non-hydrogen) atoms. The highest BCUT2D eigenvalue weighted by Gasteiger charge is 2.12. The van der Waals surface area contributed by atoms with Crippen LogP contribution in [0.4, 0.5) is 0 Å². The molecule has 1 aliphatic heterocycles. The van der Waals surface area contributed by atoms with Crippen molar-refractivity contribution in [1.29, 1.82) is 0 Å². The average Bonchev–Trinajstić information content (AvgIpc) is 3.16. The molecular weight excluding hydrogens is 294 g/mol. The van der Waals surface area contributed by atoms with Crippen LogP contribution in [0.25, 0.3) is 6.08 Å². The molecule has 0 bridgehead atoms. The highest BCUT2D eigenvalue weighted by molar-refractivity contribution is 5.91. The summed E-state index contributed by atoms with van der Waals surface area (Å²) in [6, 6.07) is 7.54. The minimum absolute atomic E-state index is 0.149. The highest BCUT2D eigenvalue weighted by Crippen LogP contribution is 2.32. The second-order valence-electron chi connectivity index (χ2n) is 5.26. The maximum absolute atomic E-state index is 11.9. The summed E-state index contributed by atoms with van der Waals surface area (Å²) >= 11 is 0. The zero-order chi connectivity index (χ0) is 16.2. The summed E-state index contributed by atoms with van der Waals surface area (Å²) in [6.07, 6.45) is 3.26. The molecular formula is C17H19N3O3. The van der Waals surface area contributed by atoms with Crippen molar-refractivity contribution in [2.45, 2.75) is 26.9 Å². The Kier molecular flexibility index (Phi) is 4.32. The number of carbonyl (C=O) groups is 1. The van der Waals surface area contributed by atoms with Crippen LogP contribution in [0.3, 0.4) is 0 Å². The fourth-order valence-electron chi connectivity index (χ4n) is 2.44. The molecule has 0 radical (unpaired) electrons. The molecule has 1 aliphatic rings. The first-order valence-corrected chi connectivity index (χ1v) is 7.54. The Labute approximate surface area is 134 Å². The number of amides is 1. The Morgan fingerprint density at radius 2 is 2.17 bits per heavy atom. The van der Waals surface area contributed by atoms with Gasteiger partial charge in [0.05, 0.1) is 17.9 Å². The maximum Gasteiger partial charge on any atom is 0.244 e. The zero-order valence-corrected chi connectivity index (χ0v) is 13.2. The molecule has 0 atom stereocenters. The summed E-state index contributed by atoms with van der Waals surface area (Å²) in [5.74, 6) is 1.29. The largest absolute Gasteiger partial charge is 0.454 e. The molecule has 6 heteroatoms. The van der Waals surface area contributed by atoms with Gasteiger partial charge in [-0.15, -0.1) is 0 Å². The van der Waals surface area contributed by atoms with Crippen molar-refractivity contribution < 1.29 is 14.3 Å². The van der Waals surface area contributed by atoms with Crippen LogP contribution in [0.15, 0.2) is 30.3 Å². The van der Waals surface area contributed by atoms with Gasteiger partial charge in [0, 0.05) is 12.6 Å². The number of benzene rings is 1. The highest BCUT2D eigenvalue weighted by atomic mass is 16.7. The number of hydrogen-bond donors (Lipinski definition) is 1. The van der Waals surface area contributed by atoms with Crippen LogP contribution in [-0.4, -0.2) is 22.5 Å². The Morgan fingerprint density at radius 3 is 3.00 bits per heavy atom. The third-order valence-corrected chi connectivity index (χ3v) is 3.55. The minimum Gasteiger partial charge on any atom is -0.454 e. The molecule has 2 aromatic rings. The van der Waals surface area contributed by atoms with E-state index in [2.05, 4.69) is 10.4 Å². The Morgan fingerprint density at radius 1 is 1.35 bits per heavy atom. The van der Waals surface area contributed by atoms with E-state index in [4.69, 9.17) is 9.47 Å². The van der Waals surface area contributed by atoms with E-state index in [1.165, 1.54) is 6.08 Å². The van der Waals surface area contributed by atoms with Crippen molar-refractivity contribution in [3.63, 3.8) is 0 Å². The van der Waals surface area contributed by atoms with Crippen molar-refractivity contribution in [2.24, 2.45) is 0 Å². The monoisotopic (exact) mass is 313 g/mol. The smallest absolute Gasteiger partial charge is 0.244 e. The van der Waals surface area contributed by atoms with Gasteiger partial charge in [0.15, 0.2) is 11.5 Å². The van der Waals surface area contributed by atoms with Crippen LogP contribution in [0.1, 0.15) is 23.9 Å². The lowest BCUT2D eigenvalue weighted by Gasteiger charge is -2.05. The standard InChI is InChI=1S/C17H19N3O3/c1-3-20-14(8-12(2)19-20)10-18-17(21)7-5-13-4-6-15-16(9-13)23-11-22-15/h4-9H,3,10-11H2,1-2H3,(H,18,21)/b7-5+. The van der Waals surface area contributed by atoms with Crippen molar-refractivity contribution in [2.75, 3.05) is 6.79 Å². The first-order valence-electron chi connectivity index (χ1n) is 7.54. The van der Waals surface area contributed by atoms with Gasteiger partial charge in [0.1, 0.15) is 0 Å². The lowest BCUT2D eigenvalue weighted by molar-refractivity contribution is -0.116. The summed E-state index contributed by atoms with van der Waals surface area (Å²) in [4.78, 5) is 11.9. The van der Waals surface area contributed by atoms with Gasteiger partial charge >= 0.3 is 0 Å². The van der Waals surface area contributed by atoms with Gasteiger partial charge in [-0.1, -0.05) is 6.07 Å². The molecule has 1 N–H and O–H groups in total. The molecule has 1 amide bonds. The summed E-state index contributed by atoms with van der Waals surface area (Å²) in [7, 11) is 0. The van der Waals surface area contributed by atoms with Crippen molar-refractivity contribution in [1.82, 2.24) is 15.1 Å². The first kappa shape index (κ1) is 15.1. The third-order valence-electron chi connectivity index (χ3n) is 3.55. The molecule has 6 nitrogen and oxygen atoms in total. The van der Waals surface area contributed by atoms with Crippen LogP contribution >= 0.6 is 0 Å². The summed E-state index contributed by atoms with van der Waals surface area (Å²) in [6.45, 7) is 5.45. The molecule has 120 valence electrons. The van der Waals surface area contributed by atoms with E-state index in [-0.39, 0.29) is 12.7 Å². The van der Waals surface area contributed by atoms with Crippen molar-refractivity contribution in [3.8, 4) is 11.5 Å². The van der Waals surface area contributed by atoms with Crippen molar-refractivity contribution >= 4 is 12.0 Å². The lowest BCUT2D eigenvalue weighted by atomic mass is 10.2. The van der Waals surface area contributed by atoms with Crippen molar-refractivity contribution in [3.05, 3.63) is 47.3 Å². The Hall–Kier alpha value is -2.76. The van der Waals surface area contributed by atoms with E-state index in [1.54, 1.807) is 6.08 Å². The molecule has 0 unspecified atom stereocenters. The molecule has 0 saturated heterocycles. The van der Waals surface area contributed by atoms with Gasteiger partial charge in [-0.3, -0.25) is 9.48 Å². The number of hydrogen-bond acceptors (Lipinski definition) is 4. The van der Waals surface area contributed by atoms with E-state index in [1.807, 2.05) is 42.8 Å². The lowest BCUT2D eigenvalue weighted by Crippen LogP contribution is -2.22. The number of nitrogens with zero attached hydrogens (tertiary/aromatic N) is 2. The summed E-state index contributed by atoms with van der Waals surface area (Å²) in [5, 5.41) is 7.22. The number of aryl methyl sites for hydroxylation is 2. The Balaban J connectivity index is 1.58. The van der Waals surface area contributed by atoms with E-state index >= 15 is 0 Å². The molecule has 0 aliphatic carbocycles. The van der Waals surface area contributed by atoms with E-state index in [0.29, 0.717) is 12.3 Å². The molecule has 0 saturated carbocycles. The molecule has 1 aromatic carbocycles. The zero-order valence-electron chi connectivity index (χ0n) is 13.2. The Bertz CT molecular complexity index is 750. The number of carbonyl (C=O) groups excluding carboxylic acids is 1. The average molecular weight is 313 g/mol.